The van der Waals surface area contributed by atoms with Gasteiger partial charge in [-0.2, -0.15) is 0 Å². The Kier molecular flexibility index (Phi) is 4.72. The van der Waals surface area contributed by atoms with Crippen LogP contribution < -0.4 is 11.2 Å². The molecule has 0 radical (unpaired) electrons. The van der Waals surface area contributed by atoms with E-state index in [9.17, 15) is 9.59 Å². The zero-order valence-corrected chi connectivity index (χ0v) is 11.6. The highest BCUT2D eigenvalue weighted by molar-refractivity contribution is 14.1. The maximum absolute atomic E-state index is 11.5. The molecule has 0 aliphatic heterocycles. The molecule has 0 amide bonds. The summed E-state index contributed by atoms with van der Waals surface area (Å²) >= 11 is 2.26. The Hall–Kier alpha value is -0.630. The molecule has 0 saturated heterocycles. The number of rotatable bonds is 4. The van der Waals surface area contributed by atoms with Crippen LogP contribution in [-0.2, 0) is 4.74 Å². The standard InChI is InChI=1S/C10H15IN2O3/c1-6(11)7(2)16-8(3)13-5-4-9(14)12-10(13)15/h4-8H,1-3H3,(H,12,14,15). The SMILES string of the molecule is CC(I)C(C)OC(C)n1ccc(=O)[nH]c1=O. The van der Waals surface area contributed by atoms with Crippen molar-refractivity contribution in [3.63, 3.8) is 0 Å². The van der Waals surface area contributed by atoms with Crippen LogP contribution >= 0.6 is 22.6 Å². The minimum Gasteiger partial charge on any atom is -0.354 e. The van der Waals surface area contributed by atoms with Crippen molar-refractivity contribution < 1.29 is 4.74 Å². The van der Waals surface area contributed by atoms with E-state index in [0.717, 1.165) is 0 Å². The summed E-state index contributed by atoms with van der Waals surface area (Å²) in [4.78, 5) is 24.5. The maximum Gasteiger partial charge on any atom is 0.330 e. The molecular formula is C10H15IN2O3. The van der Waals surface area contributed by atoms with Gasteiger partial charge in [0.05, 0.1) is 6.10 Å². The van der Waals surface area contributed by atoms with Crippen molar-refractivity contribution in [1.82, 2.24) is 9.55 Å². The molecule has 1 heterocycles. The van der Waals surface area contributed by atoms with E-state index in [1.165, 1.54) is 16.8 Å². The largest absolute Gasteiger partial charge is 0.354 e. The summed E-state index contributed by atoms with van der Waals surface area (Å²) in [6, 6.07) is 1.30. The van der Waals surface area contributed by atoms with Crippen LogP contribution in [0, 0.1) is 0 Å². The molecule has 1 rings (SSSR count). The molecule has 6 heteroatoms. The third-order valence-corrected chi connectivity index (χ3v) is 3.31. The third-order valence-electron chi connectivity index (χ3n) is 2.30. The van der Waals surface area contributed by atoms with Crippen LogP contribution in [0.4, 0.5) is 0 Å². The van der Waals surface area contributed by atoms with E-state index in [4.69, 9.17) is 4.74 Å². The van der Waals surface area contributed by atoms with Gasteiger partial charge in [0.15, 0.2) is 0 Å². The third kappa shape index (κ3) is 3.44. The molecule has 5 nitrogen and oxygen atoms in total. The van der Waals surface area contributed by atoms with Crippen molar-refractivity contribution in [3.05, 3.63) is 33.1 Å². The summed E-state index contributed by atoms with van der Waals surface area (Å²) in [6.07, 6.45) is 1.09. The number of alkyl halides is 1. The van der Waals surface area contributed by atoms with Gasteiger partial charge in [-0.25, -0.2) is 4.79 Å². The fourth-order valence-corrected chi connectivity index (χ4v) is 1.37. The number of H-pyrrole nitrogens is 1. The molecule has 16 heavy (non-hydrogen) atoms. The number of aromatic amines is 1. The molecule has 0 saturated carbocycles. The molecule has 3 atom stereocenters. The molecular weight excluding hydrogens is 323 g/mol. The highest BCUT2D eigenvalue weighted by Gasteiger charge is 2.14. The van der Waals surface area contributed by atoms with Gasteiger partial charge in [-0.05, 0) is 13.8 Å². The number of ether oxygens (including phenoxy) is 1. The Morgan fingerprint density at radius 1 is 1.38 bits per heavy atom. The lowest BCUT2D eigenvalue weighted by Crippen LogP contribution is -2.33. The van der Waals surface area contributed by atoms with Gasteiger partial charge in [-0.3, -0.25) is 14.3 Å². The summed E-state index contributed by atoms with van der Waals surface area (Å²) in [5.41, 5.74) is -0.850. The second kappa shape index (κ2) is 5.62. The first kappa shape index (κ1) is 13.4. The lowest BCUT2D eigenvalue weighted by Gasteiger charge is -2.22. The number of hydrogen-bond acceptors (Lipinski definition) is 3. The predicted octanol–water partition coefficient (Wildman–Crippen LogP) is 1.28. The van der Waals surface area contributed by atoms with Crippen LogP contribution in [0.5, 0.6) is 0 Å². The van der Waals surface area contributed by atoms with Crippen LogP contribution in [0.2, 0.25) is 0 Å². The van der Waals surface area contributed by atoms with Crippen LogP contribution in [0.15, 0.2) is 21.9 Å². The first-order valence-corrected chi connectivity index (χ1v) is 6.27. The van der Waals surface area contributed by atoms with E-state index in [1.54, 1.807) is 6.92 Å². The maximum atomic E-state index is 11.5. The summed E-state index contributed by atoms with van der Waals surface area (Å²) < 4.78 is 7.36. The molecule has 0 aliphatic carbocycles. The Labute approximate surface area is 107 Å². The molecule has 0 spiro atoms. The second-order valence-corrected chi connectivity index (χ2v) is 5.60. The summed E-state index contributed by atoms with van der Waals surface area (Å²) in [7, 11) is 0. The van der Waals surface area contributed by atoms with Crippen LogP contribution in [0.25, 0.3) is 0 Å². The monoisotopic (exact) mass is 338 g/mol. The van der Waals surface area contributed by atoms with Gasteiger partial charge >= 0.3 is 5.69 Å². The van der Waals surface area contributed by atoms with Gasteiger partial charge in [0.1, 0.15) is 6.23 Å². The lowest BCUT2D eigenvalue weighted by atomic mass is 10.3. The highest BCUT2D eigenvalue weighted by Crippen LogP contribution is 2.14. The number of nitrogens with one attached hydrogen (secondary N) is 1. The van der Waals surface area contributed by atoms with E-state index in [1.807, 2.05) is 13.8 Å². The highest BCUT2D eigenvalue weighted by atomic mass is 127. The molecule has 0 aliphatic rings. The number of aromatic nitrogens is 2. The normalized spacial score (nSPS) is 16.8. The zero-order valence-electron chi connectivity index (χ0n) is 9.44. The minimum absolute atomic E-state index is 0.0365. The van der Waals surface area contributed by atoms with E-state index in [0.29, 0.717) is 3.92 Å². The number of nitrogens with zero attached hydrogens (tertiary/aromatic N) is 1. The van der Waals surface area contributed by atoms with Crippen LogP contribution in [0.1, 0.15) is 27.0 Å². The van der Waals surface area contributed by atoms with Gasteiger partial charge in [0.25, 0.3) is 5.56 Å². The smallest absolute Gasteiger partial charge is 0.330 e. The fourth-order valence-electron chi connectivity index (χ4n) is 1.20. The number of hydrogen-bond donors (Lipinski definition) is 1. The summed E-state index contributed by atoms with van der Waals surface area (Å²) in [5.74, 6) is 0. The Balaban J connectivity index is 2.85. The van der Waals surface area contributed by atoms with Crippen molar-refractivity contribution in [3.8, 4) is 0 Å². The molecule has 1 aromatic heterocycles. The molecule has 1 aromatic rings. The van der Waals surface area contributed by atoms with Crippen molar-refractivity contribution in [1.29, 1.82) is 0 Å². The average molecular weight is 338 g/mol. The first-order valence-electron chi connectivity index (χ1n) is 5.03. The van der Waals surface area contributed by atoms with Gasteiger partial charge in [-0.1, -0.05) is 29.5 Å². The van der Waals surface area contributed by atoms with Crippen molar-refractivity contribution in [2.75, 3.05) is 0 Å². The van der Waals surface area contributed by atoms with E-state index >= 15 is 0 Å². The summed E-state index contributed by atoms with van der Waals surface area (Å²) in [5, 5.41) is 0. The second-order valence-electron chi connectivity index (χ2n) is 3.64. The molecule has 3 unspecified atom stereocenters. The molecule has 0 fully saturated rings. The van der Waals surface area contributed by atoms with Gasteiger partial charge in [-0.15, -0.1) is 0 Å². The molecule has 0 aromatic carbocycles. The quantitative estimate of drug-likeness (QED) is 0.665. The Morgan fingerprint density at radius 2 is 2.00 bits per heavy atom. The fraction of sp³-hybridized carbons (Fsp3) is 0.600. The molecule has 90 valence electrons. The predicted molar refractivity (Wildman–Crippen MR) is 70.1 cm³/mol. The Morgan fingerprint density at radius 3 is 2.50 bits per heavy atom. The lowest BCUT2D eigenvalue weighted by molar-refractivity contribution is -0.0333. The molecule has 1 N–H and O–H groups in total. The van der Waals surface area contributed by atoms with Crippen molar-refractivity contribution in [2.24, 2.45) is 0 Å². The Bertz CT molecular complexity index is 452. The van der Waals surface area contributed by atoms with Gasteiger partial charge < -0.3 is 4.74 Å². The van der Waals surface area contributed by atoms with Gasteiger partial charge in [0, 0.05) is 16.2 Å². The van der Waals surface area contributed by atoms with Crippen molar-refractivity contribution in [2.45, 2.75) is 37.0 Å². The van der Waals surface area contributed by atoms with E-state index in [-0.39, 0.29) is 6.10 Å². The van der Waals surface area contributed by atoms with Crippen molar-refractivity contribution >= 4 is 22.6 Å². The van der Waals surface area contributed by atoms with Crippen LogP contribution in [0.3, 0.4) is 0 Å². The molecule has 0 bridgehead atoms. The first-order chi connectivity index (χ1) is 7.41. The van der Waals surface area contributed by atoms with Gasteiger partial charge in [0.2, 0.25) is 0 Å². The number of halogens is 1. The topological polar surface area (TPSA) is 64.1 Å². The zero-order chi connectivity index (χ0) is 12.3. The van der Waals surface area contributed by atoms with E-state index in [2.05, 4.69) is 27.6 Å². The van der Waals surface area contributed by atoms with E-state index < -0.39 is 17.5 Å². The minimum atomic E-state index is -0.451. The average Bonchev–Trinajstić information content (AvgIpc) is 2.16. The van der Waals surface area contributed by atoms with Crippen LogP contribution in [-0.4, -0.2) is 19.6 Å². The summed E-state index contributed by atoms with van der Waals surface area (Å²) in [6.45, 7) is 5.76.